The molecule has 78 valence electrons. The van der Waals surface area contributed by atoms with Crippen LogP contribution in [0, 0.1) is 6.92 Å². The van der Waals surface area contributed by atoms with E-state index in [0.717, 1.165) is 12.8 Å². The molecule has 1 heterocycles. The minimum absolute atomic E-state index is 0.0345. The van der Waals surface area contributed by atoms with E-state index in [1.54, 1.807) is 0 Å². The Balaban J connectivity index is 2.43. The van der Waals surface area contributed by atoms with E-state index in [2.05, 4.69) is 42.8 Å². The van der Waals surface area contributed by atoms with Crippen LogP contribution in [0.25, 0.3) is 0 Å². The van der Waals surface area contributed by atoms with Gasteiger partial charge in [-0.25, -0.2) is 0 Å². The van der Waals surface area contributed by atoms with Crippen molar-refractivity contribution in [1.82, 2.24) is 0 Å². The third-order valence-corrected chi connectivity index (χ3v) is 5.67. The highest BCUT2D eigenvalue weighted by atomic mass is 79.9. The summed E-state index contributed by atoms with van der Waals surface area (Å²) in [6.45, 7) is 6.66. The van der Waals surface area contributed by atoms with Crippen molar-refractivity contribution in [1.29, 1.82) is 0 Å². The van der Waals surface area contributed by atoms with E-state index in [9.17, 15) is 0 Å². The molecule has 2 rings (SSSR count). The first-order valence-electron chi connectivity index (χ1n) is 4.92. The topological polar surface area (TPSA) is 26.0 Å². The van der Waals surface area contributed by atoms with Crippen molar-refractivity contribution in [3.8, 4) is 0 Å². The van der Waals surface area contributed by atoms with Crippen molar-refractivity contribution >= 4 is 27.3 Å². The predicted molar refractivity (Wildman–Crippen MR) is 65.9 cm³/mol. The van der Waals surface area contributed by atoms with Crippen molar-refractivity contribution in [2.45, 2.75) is 44.6 Å². The Bertz CT molecular complexity index is 363. The summed E-state index contributed by atoms with van der Waals surface area (Å²) in [5.74, 6) is 0. The molecule has 1 aromatic heterocycles. The summed E-state index contributed by atoms with van der Waals surface area (Å²) in [4.78, 5) is 2.75. The van der Waals surface area contributed by atoms with Crippen LogP contribution < -0.4 is 5.73 Å². The molecule has 14 heavy (non-hydrogen) atoms. The average Bonchev–Trinajstić information content (AvgIpc) is 2.72. The molecule has 0 aliphatic heterocycles. The molecule has 0 radical (unpaired) electrons. The molecule has 0 spiro atoms. The van der Waals surface area contributed by atoms with Crippen LogP contribution in [0.5, 0.6) is 0 Å². The molecule has 1 fully saturated rings. The Hall–Kier alpha value is 0.140. The van der Waals surface area contributed by atoms with Crippen LogP contribution >= 0.6 is 27.3 Å². The van der Waals surface area contributed by atoms with Gasteiger partial charge < -0.3 is 5.73 Å². The lowest BCUT2D eigenvalue weighted by atomic mass is 9.81. The summed E-state index contributed by atoms with van der Waals surface area (Å²) in [6.07, 6.45) is 2.31. The second-order valence-corrected chi connectivity index (χ2v) is 6.93. The van der Waals surface area contributed by atoms with Gasteiger partial charge in [0.25, 0.3) is 0 Å². The second-order valence-electron chi connectivity index (χ2n) is 4.82. The molecule has 1 aliphatic carbocycles. The maximum Gasteiger partial charge on any atom is 0.0323 e. The zero-order valence-electron chi connectivity index (χ0n) is 8.86. The van der Waals surface area contributed by atoms with Gasteiger partial charge in [-0.3, -0.25) is 0 Å². The average molecular weight is 274 g/mol. The van der Waals surface area contributed by atoms with Gasteiger partial charge in [-0.05, 0) is 41.8 Å². The normalized spacial score (nSPS) is 19.8. The standard InChI is InChI=1S/C11H16BrNS/c1-7-6-8(12)9(14-7)10(2,3)11(13)4-5-11/h6H,4-5,13H2,1-3H3. The van der Waals surface area contributed by atoms with Crippen molar-refractivity contribution < 1.29 is 0 Å². The van der Waals surface area contributed by atoms with Crippen molar-refractivity contribution in [2.24, 2.45) is 5.73 Å². The van der Waals surface area contributed by atoms with Crippen LogP contribution in [0.2, 0.25) is 0 Å². The van der Waals surface area contributed by atoms with E-state index in [1.165, 1.54) is 14.2 Å². The van der Waals surface area contributed by atoms with Crippen LogP contribution in [-0.2, 0) is 5.41 Å². The first-order valence-corrected chi connectivity index (χ1v) is 6.53. The lowest BCUT2D eigenvalue weighted by Gasteiger charge is -2.31. The van der Waals surface area contributed by atoms with E-state index < -0.39 is 0 Å². The molecular formula is C11H16BrNS. The van der Waals surface area contributed by atoms with Crippen LogP contribution in [0.1, 0.15) is 36.4 Å². The number of nitrogens with two attached hydrogens (primary N) is 1. The summed E-state index contributed by atoms with van der Waals surface area (Å²) in [5.41, 5.74) is 6.46. The van der Waals surface area contributed by atoms with E-state index in [-0.39, 0.29) is 11.0 Å². The molecule has 0 unspecified atom stereocenters. The lowest BCUT2D eigenvalue weighted by molar-refractivity contribution is 0.397. The predicted octanol–water partition coefficient (Wildman–Crippen LogP) is 3.59. The number of rotatable bonds is 2. The fraction of sp³-hybridized carbons (Fsp3) is 0.636. The van der Waals surface area contributed by atoms with Gasteiger partial charge in [-0.15, -0.1) is 11.3 Å². The highest BCUT2D eigenvalue weighted by molar-refractivity contribution is 9.10. The minimum Gasteiger partial charge on any atom is -0.324 e. The Morgan fingerprint density at radius 2 is 2.07 bits per heavy atom. The fourth-order valence-electron chi connectivity index (χ4n) is 1.90. The fourth-order valence-corrected chi connectivity index (χ4v) is 4.24. The Kier molecular flexibility index (Phi) is 2.33. The van der Waals surface area contributed by atoms with Crippen molar-refractivity contribution in [3.63, 3.8) is 0 Å². The molecule has 0 bridgehead atoms. The van der Waals surface area contributed by atoms with E-state index in [0.29, 0.717) is 0 Å². The first-order chi connectivity index (χ1) is 6.37. The summed E-state index contributed by atoms with van der Waals surface area (Å²) < 4.78 is 1.22. The van der Waals surface area contributed by atoms with Crippen LogP contribution in [0.3, 0.4) is 0 Å². The van der Waals surface area contributed by atoms with Crippen molar-refractivity contribution in [2.75, 3.05) is 0 Å². The summed E-state index contributed by atoms with van der Waals surface area (Å²) in [5, 5.41) is 0. The molecule has 0 atom stereocenters. The van der Waals surface area contributed by atoms with Crippen LogP contribution in [0.15, 0.2) is 10.5 Å². The van der Waals surface area contributed by atoms with Gasteiger partial charge >= 0.3 is 0 Å². The first kappa shape index (κ1) is 10.7. The number of aryl methyl sites for hydroxylation is 1. The van der Waals surface area contributed by atoms with Crippen molar-refractivity contribution in [3.05, 3.63) is 20.3 Å². The quantitative estimate of drug-likeness (QED) is 0.876. The lowest BCUT2D eigenvalue weighted by Crippen LogP contribution is -2.42. The SMILES string of the molecule is Cc1cc(Br)c(C(C)(C)C2(N)CC2)s1. The third kappa shape index (κ3) is 1.46. The summed E-state index contributed by atoms with van der Waals surface area (Å²) in [6, 6.07) is 2.19. The molecule has 1 saturated carbocycles. The molecule has 0 aromatic carbocycles. The molecule has 3 heteroatoms. The molecule has 2 N–H and O–H groups in total. The zero-order chi connectivity index (χ0) is 10.6. The van der Waals surface area contributed by atoms with Gasteiger partial charge in [0.05, 0.1) is 0 Å². The Morgan fingerprint density at radius 3 is 2.43 bits per heavy atom. The maximum absolute atomic E-state index is 6.32. The van der Waals surface area contributed by atoms with E-state index in [1.807, 2.05) is 11.3 Å². The Labute approximate surface area is 97.8 Å². The molecule has 1 nitrogen and oxygen atoms in total. The highest BCUT2D eigenvalue weighted by Crippen LogP contribution is 2.52. The number of hydrogen-bond donors (Lipinski definition) is 1. The van der Waals surface area contributed by atoms with Gasteiger partial charge in [0.2, 0.25) is 0 Å². The number of thiophene rings is 1. The molecule has 1 aromatic rings. The van der Waals surface area contributed by atoms with E-state index in [4.69, 9.17) is 5.73 Å². The zero-order valence-corrected chi connectivity index (χ0v) is 11.3. The molecule has 0 amide bonds. The maximum atomic E-state index is 6.32. The second kappa shape index (κ2) is 3.06. The number of halogens is 1. The van der Waals surface area contributed by atoms with E-state index >= 15 is 0 Å². The molecule has 0 saturated heterocycles. The summed E-state index contributed by atoms with van der Waals surface area (Å²) in [7, 11) is 0. The van der Waals surface area contributed by atoms with Gasteiger partial charge in [0.15, 0.2) is 0 Å². The largest absolute Gasteiger partial charge is 0.324 e. The van der Waals surface area contributed by atoms with Gasteiger partial charge in [-0.2, -0.15) is 0 Å². The number of hydrogen-bond acceptors (Lipinski definition) is 2. The minimum atomic E-state index is 0.0345. The van der Waals surface area contributed by atoms with Crippen LogP contribution in [-0.4, -0.2) is 5.54 Å². The summed E-state index contributed by atoms with van der Waals surface area (Å²) >= 11 is 5.49. The van der Waals surface area contributed by atoms with Gasteiger partial charge in [-0.1, -0.05) is 13.8 Å². The smallest absolute Gasteiger partial charge is 0.0323 e. The third-order valence-electron chi connectivity index (χ3n) is 3.41. The molecule has 1 aliphatic rings. The highest BCUT2D eigenvalue weighted by Gasteiger charge is 2.53. The molecular weight excluding hydrogens is 258 g/mol. The monoisotopic (exact) mass is 273 g/mol. The van der Waals surface area contributed by atoms with Gasteiger partial charge in [0, 0.05) is 25.2 Å². The Morgan fingerprint density at radius 1 is 1.50 bits per heavy atom. The van der Waals surface area contributed by atoms with Gasteiger partial charge in [0.1, 0.15) is 0 Å². The van der Waals surface area contributed by atoms with Crippen LogP contribution in [0.4, 0.5) is 0 Å².